The Hall–Kier alpha value is -3.92. The molecule has 3 aromatic rings. The molecule has 0 N–H and O–H groups in total. The molecule has 27 heavy (non-hydrogen) atoms. The second-order valence-corrected chi connectivity index (χ2v) is 5.46. The van der Waals surface area contributed by atoms with Crippen molar-refractivity contribution in [3.8, 4) is 23.0 Å². The predicted molar refractivity (Wildman–Crippen MR) is 96.4 cm³/mol. The van der Waals surface area contributed by atoms with Crippen molar-refractivity contribution in [3.63, 3.8) is 0 Å². The molecule has 0 amide bonds. The number of hydrogen-bond donors (Lipinski definition) is 0. The maximum atomic E-state index is 12.5. The zero-order valence-electron chi connectivity index (χ0n) is 14.7. The summed E-state index contributed by atoms with van der Waals surface area (Å²) in [4.78, 5) is 25.0. The van der Waals surface area contributed by atoms with Crippen LogP contribution in [0.3, 0.4) is 0 Å². The van der Waals surface area contributed by atoms with Crippen LogP contribution in [-0.2, 0) is 9.47 Å². The summed E-state index contributed by atoms with van der Waals surface area (Å²) in [5.74, 6) is -1.49. The molecule has 0 saturated heterocycles. The standard InChI is InChI=1S/C20H15N3O4/c1-26-19(24)16-17(15-11-7-6-8-13(15)12-21)22-23(18(16)20(25)27-2)14-9-4-3-5-10-14/h3-11H,1-2H3. The summed E-state index contributed by atoms with van der Waals surface area (Å²) in [6, 6.07) is 17.6. The van der Waals surface area contributed by atoms with Crippen molar-refractivity contribution in [2.45, 2.75) is 0 Å². The van der Waals surface area contributed by atoms with Crippen molar-refractivity contribution >= 4 is 11.9 Å². The van der Waals surface area contributed by atoms with Gasteiger partial charge in [0.1, 0.15) is 11.3 Å². The number of rotatable bonds is 4. The third kappa shape index (κ3) is 3.16. The van der Waals surface area contributed by atoms with Gasteiger partial charge in [-0.3, -0.25) is 0 Å². The Morgan fingerprint density at radius 1 is 0.963 bits per heavy atom. The van der Waals surface area contributed by atoms with Crippen molar-refractivity contribution in [1.82, 2.24) is 9.78 Å². The second kappa shape index (κ2) is 7.54. The number of hydrogen-bond acceptors (Lipinski definition) is 6. The fraction of sp³-hybridized carbons (Fsp3) is 0.100. The summed E-state index contributed by atoms with van der Waals surface area (Å²) in [5.41, 5.74) is 1.33. The molecule has 134 valence electrons. The lowest BCUT2D eigenvalue weighted by Crippen LogP contribution is -2.15. The quantitative estimate of drug-likeness (QED) is 0.663. The molecule has 0 aliphatic rings. The van der Waals surface area contributed by atoms with E-state index in [1.54, 1.807) is 48.5 Å². The monoisotopic (exact) mass is 361 g/mol. The van der Waals surface area contributed by atoms with Crippen molar-refractivity contribution in [2.75, 3.05) is 14.2 Å². The van der Waals surface area contributed by atoms with Crippen molar-refractivity contribution in [1.29, 1.82) is 5.26 Å². The summed E-state index contributed by atoms with van der Waals surface area (Å²) in [7, 11) is 2.43. The number of benzene rings is 2. The van der Waals surface area contributed by atoms with Crippen LogP contribution in [0.25, 0.3) is 16.9 Å². The van der Waals surface area contributed by atoms with Gasteiger partial charge in [-0.15, -0.1) is 0 Å². The highest BCUT2D eigenvalue weighted by Crippen LogP contribution is 2.31. The Morgan fingerprint density at radius 2 is 1.59 bits per heavy atom. The molecule has 0 fully saturated rings. The maximum absolute atomic E-state index is 12.5. The summed E-state index contributed by atoms with van der Waals surface area (Å²) < 4.78 is 11.1. The van der Waals surface area contributed by atoms with E-state index in [-0.39, 0.29) is 17.0 Å². The average molecular weight is 361 g/mol. The molecule has 0 bridgehead atoms. The van der Waals surface area contributed by atoms with Gasteiger partial charge in [0.05, 0.1) is 31.5 Å². The second-order valence-electron chi connectivity index (χ2n) is 5.46. The van der Waals surface area contributed by atoms with E-state index in [2.05, 4.69) is 11.2 Å². The van der Waals surface area contributed by atoms with Crippen LogP contribution in [0.4, 0.5) is 0 Å². The van der Waals surface area contributed by atoms with Crippen LogP contribution in [0, 0.1) is 11.3 Å². The summed E-state index contributed by atoms with van der Waals surface area (Å²) in [6.45, 7) is 0. The van der Waals surface area contributed by atoms with Crippen molar-refractivity contribution in [2.24, 2.45) is 0 Å². The van der Waals surface area contributed by atoms with Crippen LogP contribution in [0.5, 0.6) is 0 Å². The Morgan fingerprint density at radius 3 is 2.22 bits per heavy atom. The third-order valence-corrected chi connectivity index (χ3v) is 3.96. The highest BCUT2D eigenvalue weighted by Gasteiger charge is 2.31. The summed E-state index contributed by atoms with van der Waals surface area (Å²) in [6.07, 6.45) is 0. The minimum atomic E-state index is -0.750. The number of carbonyl (C=O) groups is 2. The van der Waals surface area contributed by atoms with E-state index in [0.29, 0.717) is 16.8 Å². The number of nitrogens with zero attached hydrogens (tertiary/aromatic N) is 3. The van der Waals surface area contributed by atoms with Gasteiger partial charge in [-0.1, -0.05) is 36.4 Å². The van der Waals surface area contributed by atoms with E-state index in [0.717, 1.165) is 0 Å². The normalized spacial score (nSPS) is 10.1. The third-order valence-electron chi connectivity index (χ3n) is 3.96. The van der Waals surface area contributed by atoms with Crippen molar-refractivity contribution < 1.29 is 19.1 Å². The highest BCUT2D eigenvalue weighted by atomic mass is 16.5. The lowest BCUT2D eigenvalue weighted by Gasteiger charge is -2.07. The molecule has 0 radical (unpaired) electrons. The van der Waals surface area contributed by atoms with E-state index in [9.17, 15) is 14.9 Å². The summed E-state index contributed by atoms with van der Waals surface area (Å²) >= 11 is 0. The number of aromatic nitrogens is 2. The van der Waals surface area contributed by atoms with Crippen molar-refractivity contribution in [3.05, 3.63) is 71.4 Å². The van der Waals surface area contributed by atoms with E-state index < -0.39 is 11.9 Å². The van der Waals surface area contributed by atoms with E-state index >= 15 is 0 Å². The number of esters is 2. The molecule has 7 heteroatoms. The fourth-order valence-corrected chi connectivity index (χ4v) is 2.73. The minimum Gasteiger partial charge on any atom is -0.465 e. The first-order valence-electron chi connectivity index (χ1n) is 7.97. The molecular weight excluding hydrogens is 346 g/mol. The Labute approximate surface area is 155 Å². The van der Waals surface area contributed by atoms with Gasteiger partial charge < -0.3 is 9.47 Å². The van der Waals surface area contributed by atoms with Crippen LogP contribution in [-0.4, -0.2) is 35.9 Å². The molecule has 0 aliphatic heterocycles. The molecule has 2 aromatic carbocycles. The molecular formula is C20H15N3O4. The van der Waals surface area contributed by atoms with E-state index in [1.165, 1.54) is 18.9 Å². The molecule has 0 atom stereocenters. The highest BCUT2D eigenvalue weighted by molar-refractivity contribution is 6.07. The minimum absolute atomic E-state index is 0.0593. The average Bonchev–Trinajstić information content (AvgIpc) is 3.13. The van der Waals surface area contributed by atoms with Gasteiger partial charge in [0.25, 0.3) is 0 Å². The molecule has 0 aliphatic carbocycles. The topological polar surface area (TPSA) is 94.2 Å². The number of nitriles is 1. The first-order chi connectivity index (χ1) is 13.1. The first-order valence-corrected chi connectivity index (χ1v) is 7.97. The van der Waals surface area contributed by atoms with E-state index in [4.69, 9.17) is 9.47 Å². The molecule has 1 aromatic heterocycles. The maximum Gasteiger partial charge on any atom is 0.357 e. The number of carbonyl (C=O) groups excluding carboxylic acids is 2. The van der Waals surface area contributed by atoms with Gasteiger partial charge in [0, 0.05) is 5.56 Å². The number of ether oxygens (including phenoxy) is 2. The van der Waals surface area contributed by atoms with Crippen LogP contribution in [0.2, 0.25) is 0 Å². The Bertz CT molecular complexity index is 1050. The lowest BCUT2D eigenvalue weighted by atomic mass is 10.0. The fourth-order valence-electron chi connectivity index (χ4n) is 2.73. The van der Waals surface area contributed by atoms with Gasteiger partial charge in [-0.25, -0.2) is 14.3 Å². The zero-order valence-corrected chi connectivity index (χ0v) is 14.7. The zero-order chi connectivity index (χ0) is 19.4. The SMILES string of the molecule is COC(=O)c1c(-c2ccccc2C#N)nn(-c2ccccc2)c1C(=O)OC. The lowest BCUT2D eigenvalue weighted by molar-refractivity contribution is 0.0549. The molecule has 7 nitrogen and oxygen atoms in total. The summed E-state index contributed by atoms with van der Waals surface area (Å²) in [5, 5.41) is 13.9. The van der Waals surface area contributed by atoms with Crippen LogP contribution in [0.15, 0.2) is 54.6 Å². The van der Waals surface area contributed by atoms with Gasteiger partial charge in [0.15, 0.2) is 5.69 Å². The van der Waals surface area contributed by atoms with Gasteiger partial charge in [-0.2, -0.15) is 10.4 Å². The first kappa shape index (κ1) is 17.9. The predicted octanol–water partition coefficient (Wildman–Crippen LogP) is 2.98. The van der Waals surface area contributed by atoms with Gasteiger partial charge >= 0.3 is 11.9 Å². The largest absolute Gasteiger partial charge is 0.465 e. The van der Waals surface area contributed by atoms with Crippen LogP contribution < -0.4 is 0 Å². The number of methoxy groups -OCH3 is 2. The molecule has 1 heterocycles. The Kier molecular flexibility index (Phi) is 4.99. The molecule has 0 saturated carbocycles. The smallest absolute Gasteiger partial charge is 0.357 e. The number of para-hydroxylation sites is 1. The van der Waals surface area contributed by atoms with Crippen LogP contribution >= 0.6 is 0 Å². The molecule has 3 rings (SSSR count). The van der Waals surface area contributed by atoms with Crippen LogP contribution in [0.1, 0.15) is 26.4 Å². The van der Waals surface area contributed by atoms with Gasteiger partial charge in [-0.05, 0) is 18.2 Å². The van der Waals surface area contributed by atoms with Gasteiger partial charge in [0.2, 0.25) is 0 Å². The van der Waals surface area contributed by atoms with E-state index in [1.807, 2.05) is 6.07 Å². The molecule has 0 spiro atoms. The Balaban J connectivity index is 2.41. The molecule has 0 unspecified atom stereocenters.